The van der Waals surface area contributed by atoms with Crippen LogP contribution in [0.15, 0.2) is 11.6 Å². The second-order valence-electron chi connectivity index (χ2n) is 12.9. The lowest BCUT2D eigenvalue weighted by Crippen LogP contribution is -2.55. The van der Waals surface area contributed by atoms with Crippen molar-refractivity contribution in [3.8, 4) is 0 Å². The molecule has 0 aliphatic heterocycles. The number of aliphatic hydroxyl groups is 1. The number of hydrogen-bond donors (Lipinski definition) is 1. The maximum Gasteiger partial charge on any atom is 0.302 e. The van der Waals surface area contributed by atoms with Crippen LogP contribution in [0.5, 0.6) is 0 Å². The van der Waals surface area contributed by atoms with Gasteiger partial charge in [0.15, 0.2) is 0 Å². The van der Waals surface area contributed by atoms with Crippen LogP contribution in [0.2, 0.25) is 0 Å². The van der Waals surface area contributed by atoms with E-state index in [9.17, 15) is 9.90 Å². The molecular formula is C29H48O3. The molecule has 0 aromatic rings. The fourth-order valence-electron chi connectivity index (χ4n) is 8.98. The number of carbonyl (C=O) groups is 1. The maximum absolute atomic E-state index is 11.5. The van der Waals surface area contributed by atoms with Gasteiger partial charge in [0.1, 0.15) is 6.10 Å². The van der Waals surface area contributed by atoms with Crippen molar-refractivity contribution in [2.45, 2.75) is 118 Å². The zero-order chi connectivity index (χ0) is 23.3. The molecule has 9 atom stereocenters. The van der Waals surface area contributed by atoms with Crippen molar-refractivity contribution in [2.24, 2.45) is 46.3 Å². The molecule has 0 amide bonds. The molecule has 4 rings (SSSR count). The first-order valence-electron chi connectivity index (χ1n) is 13.6. The summed E-state index contributed by atoms with van der Waals surface area (Å²) < 4.78 is 5.57. The van der Waals surface area contributed by atoms with Crippen LogP contribution in [-0.4, -0.2) is 23.3 Å². The summed E-state index contributed by atoms with van der Waals surface area (Å²) in [4.78, 5) is 11.5. The third-order valence-electron chi connectivity index (χ3n) is 10.6. The minimum Gasteiger partial charge on any atom is -0.462 e. The van der Waals surface area contributed by atoms with Crippen LogP contribution in [0.4, 0.5) is 0 Å². The molecule has 0 spiro atoms. The molecule has 0 aromatic heterocycles. The van der Waals surface area contributed by atoms with Gasteiger partial charge in [0.2, 0.25) is 0 Å². The Morgan fingerprint density at radius 2 is 1.84 bits per heavy atom. The largest absolute Gasteiger partial charge is 0.462 e. The summed E-state index contributed by atoms with van der Waals surface area (Å²) >= 11 is 0. The standard InChI is InChI=1S/C29H48O3/c1-18(2)8-7-9-19(3)23-10-11-24-27-25(13-15-29(23,24)6)28(5)14-12-22(32-20(4)30)16-21(28)17-26(27)31/h17-19,22-27,31H,7-16H2,1-6H3/t19-,22-,23-,24+,25+,26+,27+,28-,29+/m0/s1. The number of carbonyl (C=O) groups excluding carboxylic acids is 1. The lowest BCUT2D eigenvalue weighted by atomic mass is 9.46. The summed E-state index contributed by atoms with van der Waals surface area (Å²) in [7, 11) is 0. The Balaban J connectivity index is 1.51. The first-order chi connectivity index (χ1) is 15.1. The maximum atomic E-state index is 11.5. The quantitative estimate of drug-likeness (QED) is 0.357. The molecule has 182 valence electrons. The van der Waals surface area contributed by atoms with E-state index in [1.165, 1.54) is 57.4 Å². The van der Waals surface area contributed by atoms with Gasteiger partial charge in [-0.1, -0.05) is 65.5 Å². The van der Waals surface area contributed by atoms with E-state index in [-0.39, 0.29) is 23.6 Å². The van der Waals surface area contributed by atoms with Crippen molar-refractivity contribution in [3.05, 3.63) is 11.6 Å². The Bertz CT molecular complexity index is 726. The Morgan fingerprint density at radius 1 is 1.09 bits per heavy atom. The molecular weight excluding hydrogens is 396 g/mol. The van der Waals surface area contributed by atoms with E-state index in [2.05, 4.69) is 40.7 Å². The summed E-state index contributed by atoms with van der Waals surface area (Å²) in [6.45, 7) is 13.7. The van der Waals surface area contributed by atoms with Crippen molar-refractivity contribution in [1.29, 1.82) is 0 Å². The number of rotatable bonds is 6. The highest BCUT2D eigenvalue weighted by Crippen LogP contribution is 2.67. The van der Waals surface area contributed by atoms with Crippen molar-refractivity contribution in [1.82, 2.24) is 0 Å². The molecule has 0 bridgehead atoms. The van der Waals surface area contributed by atoms with Crippen LogP contribution in [0.1, 0.15) is 106 Å². The molecule has 3 heteroatoms. The Labute approximate surface area is 196 Å². The third-order valence-corrected chi connectivity index (χ3v) is 10.6. The number of hydrogen-bond acceptors (Lipinski definition) is 3. The van der Waals surface area contributed by atoms with Gasteiger partial charge in [-0.2, -0.15) is 0 Å². The summed E-state index contributed by atoms with van der Waals surface area (Å²) in [6.07, 6.45) is 14.0. The van der Waals surface area contributed by atoms with Crippen LogP contribution in [-0.2, 0) is 9.53 Å². The van der Waals surface area contributed by atoms with E-state index in [0.29, 0.717) is 23.2 Å². The van der Waals surface area contributed by atoms with E-state index in [1.807, 2.05) is 0 Å². The molecule has 32 heavy (non-hydrogen) atoms. The summed E-state index contributed by atoms with van der Waals surface area (Å²) in [5.41, 5.74) is 1.92. The minimum atomic E-state index is -0.334. The van der Waals surface area contributed by atoms with Gasteiger partial charge in [0, 0.05) is 13.3 Å². The van der Waals surface area contributed by atoms with Gasteiger partial charge in [-0.3, -0.25) is 4.79 Å². The monoisotopic (exact) mass is 444 g/mol. The molecule has 1 N–H and O–H groups in total. The van der Waals surface area contributed by atoms with Gasteiger partial charge in [0.05, 0.1) is 6.10 Å². The van der Waals surface area contributed by atoms with Crippen LogP contribution in [0.25, 0.3) is 0 Å². The molecule has 0 unspecified atom stereocenters. The van der Waals surface area contributed by atoms with Gasteiger partial charge >= 0.3 is 5.97 Å². The number of esters is 1. The fraction of sp³-hybridized carbons (Fsp3) is 0.897. The van der Waals surface area contributed by atoms with E-state index >= 15 is 0 Å². The average molecular weight is 445 g/mol. The Hall–Kier alpha value is -0.830. The number of aliphatic hydroxyl groups excluding tert-OH is 1. The minimum absolute atomic E-state index is 0.00742. The molecule has 0 heterocycles. The number of fused-ring (bicyclic) bond motifs is 5. The topological polar surface area (TPSA) is 46.5 Å². The summed E-state index contributed by atoms with van der Waals surface area (Å²) in [6, 6.07) is 0. The molecule has 4 aliphatic rings. The zero-order valence-corrected chi connectivity index (χ0v) is 21.5. The first-order valence-corrected chi connectivity index (χ1v) is 13.6. The van der Waals surface area contributed by atoms with E-state index in [1.54, 1.807) is 0 Å². The van der Waals surface area contributed by atoms with Crippen molar-refractivity contribution >= 4 is 5.97 Å². The molecule has 0 saturated heterocycles. The lowest BCUT2D eigenvalue weighted by Gasteiger charge is -2.59. The number of ether oxygens (including phenoxy) is 1. The molecule has 3 fully saturated rings. The van der Waals surface area contributed by atoms with E-state index in [0.717, 1.165) is 37.0 Å². The van der Waals surface area contributed by atoms with Gasteiger partial charge in [-0.15, -0.1) is 0 Å². The highest BCUT2D eigenvalue weighted by atomic mass is 16.5. The third kappa shape index (κ3) is 4.21. The summed E-state index contributed by atoms with van der Waals surface area (Å²) in [5, 5.41) is 11.4. The van der Waals surface area contributed by atoms with E-state index < -0.39 is 0 Å². The Morgan fingerprint density at radius 3 is 2.53 bits per heavy atom. The van der Waals surface area contributed by atoms with Gasteiger partial charge in [-0.25, -0.2) is 0 Å². The lowest BCUT2D eigenvalue weighted by molar-refractivity contribution is -0.149. The predicted octanol–water partition coefficient (Wildman–Crippen LogP) is 6.93. The van der Waals surface area contributed by atoms with Crippen LogP contribution < -0.4 is 0 Å². The van der Waals surface area contributed by atoms with Crippen molar-refractivity contribution < 1.29 is 14.6 Å². The van der Waals surface area contributed by atoms with Gasteiger partial charge in [0.25, 0.3) is 0 Å². The smallest absolute Gasteiger partial charge is 0.302 e. The molecule has 4 aliphatic carbocycles. The van der Waals surface area contributed by atoms with Gasteiger partial charge in [-0.05, 0) is 84.9 Å². The van der Waals surface area contributed by atoms with Crippen molar-refractivity contribution in [2.75, 3.05) is 0 Å². The molecule has 3 nitrogen and oxygen atoms in total. The Kier molecular flexibility index (Phi) is 6.90. The predicted molar refractivity (Wildman–Crippen MR) is 130 cm³/mol. The fourth-order valence-corrected chi connectivity index (χ4v) is 8.98. The first kappa shape index (κ1) is 24.3. The highest BCUT2D eigenvalue weighted by Gasteiger charge is 2.61. The molecule has 3 saturated carbocycles. The summed E-state index contributed by atoms with van der Waals surface area (Å²) in [5.74, 6) is 3.85. The zero-order valence-electron chi connectivity index (χ0n) is 21.5. The average Bonchev–Trinajstić information content (AvgIpc) is 3.05. The normalized spacial score (nSPS) is 44.3. The highest BCUT2D eigenvalue weighted by molar-refractivity contribution is 5.66. The van der Waals surface area contributed by atoms with E-state index in [4.69, 9.17) is 4.74 Å². The van der Waals surface area contributed by atoms with Crippen LogP contribution >= 0.6 is 0 Å². The van der Waals surface area contributed by atoms with Gasteiger partial charge < -0.3 is 9.84 Å². The second kappa shape index (κ2) is 9.08. The van der Waals surface area contributed by atoms with Crippen LogP contribution in [0, 0.1) is 46.3 Å². The van der Waals surface area contributed by atoms with Crippen molar-refractivity contribution in [3.63, 3.8) is 0 Å². The molecule has 0 aromatic carbocycles. The second-order valence-corrected chi connectivity index (χ2v) is 12.9. The SMILES string of the molecule is CC(=O)O[C@H]1CC[C@@]2(C)C(=C[C@@H](O)[C@@H]3[C@H]4CC[C@@H]([C@@H](C)CCCC(C)C)[C@@]4(C)CC[C@H]32)C1. The van der Waals surface area contributed by atoms with Crippen LogP contribution in [0.3, 0.4) is 0 Å². The molecule has 0 radical (unpaired) electrons.